The number of anilines is 1. The molecular weight excluding hydrogens is 414 g/mol. The summed E-state index contributed by atoms with van der Waals surface area (Å²) in [6.45, 7) is 2.45. The summed E-state index contributed by atoms with van der Waals surface area (Å²) in [6.07, 6.45) is 2.01. The van der Waals surface area contributed by atoms with Crippen LogP contribution >= 0.6 is 34.4 Å². The molecule has 0 aliphatic rings. The van der Waals surface area contributed by atoms with E-state index in [1.807, 2.05) is 37.4 Å². The molecule has 2 aromatic heterocycles. The molecule has 144 valence electrons. The maximum atomic E-state index is 12.2. The topological polar surface area (TPSA) is 73.3 Å². The number of fused-ring (bicyclic) bond motifs is 3. The second kappa shape index (κ2) is 8.34. The van der Waals surface area contributed by atoms with Gasteiger partial charge in [-0.25, -0.2) is 9.97 Å². The average Bonchev–Trinajstić information content (AvgIpc) is 3.30. The molecule has 4 aromatic rings. The quantitative estimate of drug-likeness (QED) is 0.413. The number of amides is 1. The van der Waals surface area contributed by atoms with E-state index in [1.165, 1.54) is 11.3 Å². The van der Waals surface area contributed by atoms with E-state index >= 15 is 0 Å². The predicted octanol–water partition coefficient (Wildman–Crippen LogP) is 5.04. The van der Waals surface area contributed by atoms with Crippen molar-refractivity contribution in [3.8, 4) is 11.5 Å². The van der Waals surface area contributed by atoms with Gasteiger partial charge in [0.15, 0.2) is 16.1 Å². The predicted molar refractivity (Wildman–Crippen MR) is 116 cm³/mol. The molecule has 0 unspecified atom stereocenters. The third kappa shape index (κ3) is 4.06. The van der Waals surface area contributed by atoms with Gasteiger partial charge in [-0.1, -0.05) is 23.1 Å². The Morgan fingerprint density at radius 3 is 2.32 bits per heavy atom. The third-order valence-corrected chi connectivity index (χ3v) is 7.03. The second-order valence-corrected chi connectivity index (χ2v) is 8.76. The second-order valence-electron chi connectivity index (χ2n) is 5.71. The molecule has 0 saturated carbocycles. The number of thiazole rings is 2. The SMILES string of the molecule is CCOc1ccc(OCC(=O)Nc2nc3ccc4nc(SC)sc4c3s2)cc1. The van der Waals surface area contributed by atoms with E-state index < -0.39 is 0 Å². The van der Waals surface area contributed by atoms with E-state index in [4.69, 9.17) is 9.47 Å². The highest BCUT2D eigenvalue weighted by Gasteiger charge is 2.13. The van der Waals surface area contributed by atoms with Gasteiger partial charge in [0.25, 0.3) is 5.91 Å². The van der Waals surface area contributed by atoms with Crippen molar-refractivity contribution in [2.24, 2.45) is 0 Å². The van der Waals surface area contributed by atoms with Gasteiger partial charge in [0.2, 0.25) is 0 Å². The number of benzene rings is 2. The fourth-order valence-corrected chi connectivity index (χ4v) is 5.27. The standard InChI is InChI=1S/C19H17N3O3S3/c1-3-24-11-4-6-12(7-5-11)25-10-15(23)22-18-20-13-8-9-14-17(16(13)27-18)28-19(21-14)26-2/h4-9H,3,10H2,1-2H3,(H,20,22,23). The van der Waals surface area contributed by atoms with E-state index in [-0.39, 0.29) is 12.5 Å². The summed E-state index contributed by atoms with van der Waals surface area (Å²) in [5.74, 6) is 1.13. The van der Waals surface area contributed by atoms with Crippen LogP contribution in [0, 0.1) is 0 Å². The third-order valence-electron chi connectivity index (χ3n) is 3.82. The minimum atomic E-state index is -0.252. The van der Waals surface area contributed by atoms with Crippen molar-refractivity contribution in [1.82, 2.24) is 9.97 Å². The first-order valence-electron chi connectivity index (χ1n) is 8.56. The van der Waals surface area contributed by atoms with Gasteiger partial charge >= 0.3 is 0 Å². The lowest BCUT2D eigenvalue weighted by Crippen LogP contribution is -2.19. The number of hydrogen-bond donors (Lipinski definition) is 1. The van der Waals surface area contributed by atoms with Gasteiger partial charge in [-0.2, -0.15) is 0 Å². The zero-order chi connectivity index (χ0) is 19.5. The van der Waals surface area contributed by atoms with Crippen LogP contribution in [0.2, 0.25) is 0 Å². The van der Waals surface area contributed by atoms with E-state index in [9.17, 15) is 4.79 Å². The molecule has 6 nitrogen and oxygen atoms in total. The van der Waals surface area contributed by atoms with Crippen LogP contribution < -0.4 is 14.8 Å². The van der Waals surface area contributed by atoms with Gasteiger partial charge < -0.3 is 9.47 Å². The first kappa shape index (κ1) is 19.0. The molecule has 0 aliphatic heterocycles. The van der Waals surface area contributed by atoms with E-state index in [0.717, 1.165) is 30.5 Å². The van der Waals surface area contributed by atoms with Gasteiger partial charge in [-0.15, -0.1) is 11.3 Å². The first-order valence-corrected chi connectivity index (χ1v) is 11.4. The summed E-state index contributed by atoms with van der Waals surface area (Å²) < 4.78 is 14.1. The first-order chi connectivity index (χ1) is 13.7. The van der Waals surface area contributed by atoms with Crippen molar-refractivity contribution in [3.63, 3.8) is 0 Å². The molecule has 0 fully saturated rings. The summed E-state index contributed by atoms with van der Waals surface area (Å²) in [5, 5.41) is 3.37. The van der Waals surface area contributed by atoms with E-state index in [1.54, 1.807) is 35.2 Å². The summed E-state index contributed by atoms with van der Waals surface area (Å²) in [7, 11) is 0. The van der Waals surface area contributed by atoms with Gasteiger partial charge in [-0.05, 0) is 49.6 Å². The van der Waals surface area contributed by atoms with Gasteiger partial charge in [0.1, 0.15) is 11.5 Å². The number of hydrogen-bond acceptors (Lipinski definition) is 8. The fraction of sp³-hybridized carbons (Fsp3) is 0.211. The minimum Gasteiger partial charge on any atom is -0.494 e. The monoisotopic (exact) mass is 431 g/mol. The van der Waals surface area contributed by atoms with Crippen LogP contribution in [0.5, 0.6) is 11.5 Å². The number of carbonyl (C=O) groups is 1. The molecule has 9 heteroatoms. The van der Waals surface area contributed by atoms with Gasteiger partial charge in [-0.3, -0.25) is 10.1 Å². The molecule has 2 heterocycles. The van der Waals surface area contributed by atoms with E-state index in [0.29, 0.717) is 17.5 Å². The van der Waals surface area contributed by atoms with Crippen LogP contribution in [0.3, 0.4) is 0 Å². The molecule has 0 atom stereocenters. The summed E-state index contributed by atoms with van der Waals surface area (Å²) in [5.41, 5.74) is 1.82. The van der Waals surface area contributed by atoms with Crippen molar-refractivity contribution in [1.29, 1.82) is 0 Å². The molecule has 2 aromatic carbocycles. The van der Waals surface area contributed by atoms with Crippen molar-refractivity contribution in [3.05, 3.63) is 36.4 Å². The summed E-state index contributed by atoms with van der Waals surface area (Å²) >= 11 is 4.73. The lowest BCUT2D eigenvalue weighted by molar-refractivity contribution is -0.118. The maximum Gasteiger partial charge on any atom is 0.264 e. The Bertz CT molecular complexity index is 1120. The largest absolute Gasteiger partial charge is 0.494 e. The number of ether oxygens (including phenoxy) is 2. The maximum absolute atomic E-state index is 12.2. The van der Waals surface area contributed by atoms with Crippen LogP contribution in [0.15, 0.2) is 40.7 Å². The lowest BCUT2D eigenvalue weighted by Gasteiger charge is -2.07. The van der Waals surface area contributed by atoms with Crippen molar-refractivity contribution >= 4 is 65.9 Å². The van der Waals surface area contributed by atoms with Crippen molar-refractivity contribution < 1.29 is 14.3 Å². The molecule has 0 spiro atoms. The molecule has 0 aliphatic carbocycles. The Kier molecular flexibility index (Phi) is 5.65. The molecule has 0 saturated heterocycles. The Hall–Kier alpha value is -2.36. The van der Waals surface area contributed by atoms with Gasteiger partial charge in [0, 0.05) is 0 Å². The zero-order valence-corrected chi connectivity index (χ0v) is 17.7. The molecule has 0 radical (unpaired) electrons. The molecule has 1 N–H and O–H groups in total. The molecule has 28 heavy (non-hydrogen) atoms. The Labute approximate surface area is 173 Å². The summed E-state index contributed by atoms with van der Waals surface area (Å²) in [6, 6.07) is 11.1. The lowest BCUT2D eigenvalue weighted by atomic mass is 10.3. The number of nitrogens with one attached hydrogen (secondary N) is 1. The van der Waals surface area contributed by atoms with Crippen LogP contribution in [-0.4, -0.2) is 35.3 Å². The smallest absolute Gasteiger partial charge is 0.264 e. The summed E-state index contributed by atoms with van der Waals surface area (Å²) in [4.78, 5) is 21.3. The van der Waals surface area contributed by atoms with Crippen LogP contribution in [0.25, 0.3) is 20.4 Å². The van der Waals surface area contributed by atoms with Crippen LogP contribution in [0.4, 0.5) is 5.13 Å². The Morgan fingerprint density at radius 2 is 1.64 bits per heavy atom. The van der Waals surface area contributed by atoms with Gasteiger partial charge in [0.05, 0.1) is 27.0 Å². The molecule has 0 bridgehead atoms. The zero-order valence-electron chi connectivity index (χ0n) is 15.2. The normalized spacial score (nSPS) is 11.1. The van der Waals surface area contributed by atoms with E-state index in [2.05, 4.69) is 15.3 Å². The number of thioether (sulfide) groups is 1. The highest BCUT2D eigenvalue weighted by atomic mass is 32.2. The van der Waals surface area contributed by atoms with Crippen LogP contribution in [0.1, 0.15) is 6.92 Å². The minimum absolute atomic E-state index is 0.0868. The van der Waals surface area contributed by atoms with Crippen molar-refractivity contribution in [2.45, 2.75) is 11.3 Å². The highest BCUT2D eigenvalue weighted by Crippen LogP contribution is 2.37. The van der Waals surface area contributed by atoms with Crippen LogP contribution in [-0.2, 0) is 4.79 Å². The number of rotatable bonds is 7. The number of carbonyl (C=O) groups excluding carboxylic acids is 1. The molecule has 4 rings (SSSR count). The molecular formula is C19H17N3O3S3. The Morgan fingerprint density at radius 1 is 1.00 bits per heavy atom. The van der Waals surface area contributed by atoms with Crippen molar-refractivity contribution in [2.75, 3.05) is 24.8 Å². The number of nitrogens with zero attached hydrogens (tertiary/aromatic N) is 2. The molecule has 1 amide bonds. The Balaban J connectivity index is 1.43. The average molecular weight is 432 g/mol. The fourth-order valence-electron chi connectivity index (χ4n) is 2.60. The highest BCUT2D eigenvalue weighted by molar-refractivity contribution is 8.00. The number of aromatic nitrogens is 2.